The monoisotopic (exact) mass is 629 g/mol. The van der Waals surface area contributed by atoms with E-state index >= 15 is 0 Å². The number of hydrogen-bond donors (Lipinski definition) is 0. The second-order valence-electron chi connectivity index (χ2n) is 8.49. The van der Waals surface area contributed by atoms with E-state index in [9.17, 15) is 4.79 Å². The van der Waals surface area contributed by atoms with Gasteiger partial charge in [0.15, 0.2) is 12.3 Å². The molecule has 0 aliphatic rings. The van der Waals surface area contributed by atoms with E-state index in [1.54, 1.807) is 11.8 Å². The van der Waals surface area contributed by atoms with Crippen LogP contribution in [-0.2, 0) is 6.54 Å². The summed E-state index contributed by atoms with van der Waals surface area (Å²) in [7, 11) is 0. The van der Waals surface area contributed by atoms with Gasteiger partial charge in [-0.3, -0.25) is 4.79 Å². The highest BCUT2D eigenvalue weighted by molar-refractivity contribution is 9.10. The lowest BCUT2D eigenvalue weighted by Crippen LogP contribution is -3.00. The molecule has 1 heterocycles. The van der Waals surface area contributed by atoms with Gasteiger partial charge in [0.05, 0.1) is 5.75 Å². The number of halogens is 2. The number of nitrogens with zero attached hydrogens (tertiary/aromatic N) is 1. The first-order valence-corrected chi connectivity index (χ1v) is 13.6. The Balaban J connectivity index is 0.00000320. The van der Waals surface area contributed by atoms with E-state index in [4.69, 9.17) is 0 Å². The van der Waals surface area contributed by atoms with Gasteiger partial charge in [-0.25, -0.2) is 0 Å². The Hall–Kier alpha value is -2.99. The van der Waals surface area contributed by atoms with Gasteiger partial charge in [0, 0.05) is 33.3 Å². The van der Waals surface area contributed by atoms with Crippen LogP contribution in [0.15, 0.2) is 137 Å². The van der Waals surface area contributed by atoms with E-state index in [0.717, 1.165) is 44.0 Å². The van der Waals surface area contributed by atoms with Crippen molar-refractivity contribution < 1.29 is 26.3 Å². The third-order valence-corrected chi connectivity index (χ3v) is 7.57. The molecule has 0 atom stereocenters. The summed E-state index contributed by atoms with van der Waals surface area (Å²) in [4.78, 5) is 13.1. The molecule has 0 aliphatic carbocycles. The lowest BCUT2D eigenvalue weighted by atomic mass is 10.0. The second kappa shape index (κ2) is 13.0. The Morgan fingerprint density at radius 3 is 1.86 bits per heavy atom. The zero-order chi connectivity index (χ0) is 24.7. The number of Topliss-reactive ketones (excluding diaryl/α,β-unsaturated/α-hetero) is 1. The van der Waals surface area contributed by atoms with Gasteiger partial charge in [0.2, 0.25) is 10.7 Å². The first-order chi connectivity index (χ1) is 17.7. The average molecular weight is 631 g/mol. The molecule has 0 unspecified atom stereocenters. The number of carbonyl (C=O) groups excluding carboxylic acids is 1. The second-order valence-corrected chi connectivity index (χ2v) is 10.4. The van der Waals surface area contributed by atoms with Gasteiger partial charge in [-0.15, -0.1) is 0 Å². The van der Waals surface area contributed by atoms with E-state index < -0.39 is 0 Å². The number of aromatic nitrogens is 1. The largest absolute Gasteiger partial charge is 1.00 e. The van der Waals surface area contributed by atoms with Crippen LogP contribution < -0.4 is 21.5 Å². The van der Waals surface area contributed by atoms with Crippen LogP contribution in [0.2, 0.25) is 0 Å². The maximum atomic E-state index is 13.1. The van der Waals surface area contributed by atoms with Gasteiger partial charge in [0.1, 0.15) is 0 Å². The third kappa shape index (κ3) is 6.86. The smallest absolute Gasteiger partial charge is 0.241 e. The summed E-state index contributed by atoms with van der Waals surface area (Å²) in [6.45, 7) is 0.717. The molecule has 184 valence electrons. The van der Waals surface area contributed by atoms with Crippen molar-refractivity contribution in [2.45, 2.75) is 11.6 Å². The van der Waals surface area contributed by atoms with Gasteiger partial charge in [-0.2, -0.15) is 4.57 Å². The molecule has 0 bridgehead atoms. The summed E-state index contributed by atoms with van der Waals surface area (Å²) in [6, 6.07) is 43.4. The molecule has 0 amide bonds. The maximum Gasteiger partial charge on any atom is 0.241 e. The minimum Gasteiger partial charge on any atom is -1.00 e. The van der Waals surface area contributed by atoms with Crippen LogP contribution in [0.4, 0.5) is 0 Å². The minimum atomic E-state index is 0. The molecule has 0 radical (unpaired) electrons. The van der Waals surface area contributed by atoms with Crippen molar-refractivity contribution in [3.05, 3.63) is 143 Å². The third-order valence-electron chi connectivity index (χ3n) is 6.01. The first kappa shape index (κ1) is 27.1. The van der Waals surface area contributed by atoms with Crippen LogP contribution in [0.1, 0.15) is 15.9 Å². The summed E-state index contributed by atoms with van der Waals surface area (Å²) in [5.41, 5.74) is 6.50. The molecule has 5 rings (SSSR count). The molecule has 0 spiro atoms. The summed E-state index contributed by atoms with van der Waals surface area (Å²) in [5.74, 6) is 0.480. The van der Waals surface area contributed by atoms with Crippen LogP contribution in [0, 0.1) is 0 Å². The highest BCUT2D eigenvalue weighted by Crippen LogP contribution is 2.29. The molecular weight excluding hydrogens is 606 g/mol. The summed E-state index contributed by atoms with van der Waals surface area (Å²) in [5, 5.41) is 1.06. The Bertz CT molecular complexity index is 1460. The van der Waals surface area contributed by atoms with Crippen LogP contribution in [0.3, 0.4) is 0 Å². The van der Waals surface area contributed by atoms with Crippen molar-refractivity contribution >= 4 is 33.5 Å². The fourth-order valence-corrected chi connectivity index (χ4v) is 5.39. The number of rotatable bonds is 8. The van der Waals surface area contributed by atoms with E-state index in [2.05, 4.69) is 105 Å². The van der Waals surface area contributed by atoms with Crippen LogP contribution in [0.5, 0.6) is 0 Å². The molecule has 0 fully saturated rings. The van der Waals surface area contributed by atoms with Crippen LogP contribution in [-0.4, -0.2) is 11.5 Å². The van der Waals surface area contributed by atoms with Crippen molar-refractivity contribution in [1.29, 1.82) is 0 Å². The fourth-order valence-electron chi connectivity index (χ4n) is 4.15. The summed E-state index contributed by atoms with van der Waals surface area (Å²) in [6.07, 6.45) is 0. The predicted octanol–water partition coefficient (Wildman–Crippen LogP) is 5.10. The van der Waals surface area contributed by atoms with Gasteiger partial charge in [0.25, 0.3) is 0 Å². The summed E-state index contributed by atoms with van der Waals surface area (Å²) >= 11 is 5.04. The molecule has 0 N–H and O–H groups in total. The SMILES string of the molecule is O=C(CSc1cc(-c2ccccc2)cc(-c2ccccc2)[n+]1Cc1ccccc1)c1ccc(Br)cc1.[Br-]. The molecule has 0 aliphatic heterocycles. The van der Waals surface area contributed by atoms with E-state index in [1.165, 1.54) is 5.56 Å². The van der Waals surface area contributed by atoms with Crippen molar-refractivity contribution in [3.63, 3.8) is 0 Å². The van der Waals surface area contributed by atoms with Crippen molar-refractivity contribution in [2.75, 3.05) is 5.75 Å². The highest BCUT2D eigenvalue weighted by Gasteiger charge is 2.23. The number of thioether (sulfide) groups is 1. The molecule has 0 saturated heterocycles. The molecular formula is C32H25Br2NOS. The number of carbonyl (C=O) groups is 1. The normalized spacial score (nSPS) is 10.5. The van der Waals surface area contributed by atoms with Crippen LogP contribution >= 0.6 is 27.7 Å². The van der Waals surface area contributed by atoms with E-state index in [0.29, 0.717) is 5.75 Å². The minimum absolute atomic E-state index is 0. The van der Waals surface area contributed by atoms with Crippen molar-refractivity contribution in [3.8, 4) is 22.4 Å². The lowest BCUT2D eigenvalue weighted by molar-refractivity contribution is -0.714. The molecule has 5 heteroatoms. The molecule has 1 aromatic heterocycles. The summed E-state index contributed by atoms with van der Waals surface area (Å²) < 4.78 is 3.30. The van der Waals surface area contributed by atoms with Gasteiger partial charge >= 0.3 is 0 Å². The number of ketones is 1. The van der Waals surface area contributed by atoms with Crippen molar-refractivity contribution in [1.82, 2.24) is 0 Å². The topological polar surface area (TPSA) is 20.9 Å². The van der Waals surface area contributed by atoms with Gasteiger partial charge in [-0.05, 0) is 47.2 Å². The van der Waals surface area contributed by atoms with Crippen LogP contribution in [0.25, 0.3) is 22.4 Å². The molecule has 0 saturated carbocycles. The van der Waals surface area contributed by atoms with Gasteiger partial charge < -0.3 is 17.0 Å². The quantitative estimate of drug-likeness (QED) is 0.135. The zero-order valence-electron chi connectivity index (χ0n) is 20.1. The number of benzene rings is 4. The highest BCUT2D eigenvalue weighted by atomic mass is 79.9. The number of pyridine rings is 1. The molecule has 2 nitrogen and oxygen atoms in total. The van der Waals surface area contributed by atoms with E-state index in [1.807, 2.05) is 42.5 Å². The molecule has 4 aromatic carbocycles. The Morgan fingerprint density at radius 1 is 0.676 bits per heavy atom. The Morgan fingerprint density at radius 2 is 1.24 bits per heavy atom. The molecule has 5 aromatic rings. The molecule has 37 heavy (non-hydrogen) atoms. The average Bonchev–Trinajstić information content (AvgIpc) is 2.94. The lowest BCUT2D eigenvalue weighted by Gasteiger charge is -2.12. The van der Waals surface area contributed by atoms with E-state index in [-0.39, 0.29) is 22.8 Å². The predicted molar refractivity (Wildman–Crippen MR) is 152 cm³/mol. The van der Waals surface area contributed by atoms with Gasteiger partial charge in [-0.1, -0.05) is 107 Å². The fraction of sp³-hybridized carbons (Fsp3) is 0.0625. The first-order valence-electron chi connectivity index (χ1n) is 11.8. The number of hydrogen-bond acceptors (Lipinski definition) is 2. The standard InChI is InChI=1S/C32H25BrNOS.BrH/c33-29-18-16-27(17-19-29)31(35)23-36-32-21-28(25-12-6-2-7-13-25)20-30(26-14-8-3-9-15-26)34(32)22-24-10-4-1-5-11-24;/h1-21H,22-23H2;1H/q+1;/p-1. The zero-order valence-corrected chi connectivity index (χ0v) is 24.0. The Labute approximate surface area is 241 Å². The Kier molecular flexibility index (Phi) is 9.51. The van der Waals surface area contributed by atoms with Crippen molar-refractivity contribution in [2.24, 2.45) is 0 Å². The maximum absolute atomic E-state index is 13.1.